The van der Waals surface area contributed by atoms with Gasteiger partial charge in [0.1, 0.15) is 6.04 Å². The topological polar surface area (TPSA) is 108 Å². The van der Waals surface area contributed by atoms with Gasteiger partial charge in [-0.05, 0) is 56.9 Å². The molecule has 0 N–H and O–H groups in total. The average Bonchev–Trinajstić information content (AvgIpc) is 3.42. The maximum absolute atomic E-state index is 13.5. The van der Waals surface area contributed by atoms with E-state index in [9.17, 15) is 22.8 Å². The first-order valence-corrected chi connectivity index (χ1v) is 13.2. The van der Waals surface area contributed by atoms with E-state index >= 15 is 0 Å². The summed E-state index contributed by atoms with van der Waals surface area (Å²) in [5, 5.41) is 0. The molecule has 0 spiro atoms. The summed E-state index contributed by atoms with van der Waals surface area (Å²) in [5.41, 5.74) is 1.56. The number of anilines is 1. The second kappa shape index (κ2) is 9.53. The van der Waals surface area contributed by atoms with Gasteiger partial charge in [-0.3, -0.25) is 9.59 Å². The number of hydrogen-bond donors (Lipinski definition) is 0. The van der Waals surface area contributed by atoms with Crippen LogP contribution in [0, 0.1) is 0 Å². The van der Waals surface area contributed by atoms with E-state index in [2.05, 4.69) is 0 Å². The smallest absolute Gasteiger partial charge is 0.409 e. The van der Waals surface area contributed by atoms with Crippen LogP contribution in [0.15, 0.2) is 23.1 Å². The minimum Gasteiger partial charge on any atom is -0.450 e. The van der Waals surface area contributed by atoms with E-state index in [1.165, 1.54) is 17.3 Å². The lowest BCUT2D eigenvalue weighted by atomic mass is 10.1. The summed E-state index contributed by atoms with van der Waals surface area (Å²) in [5.74, 6) is -0.294. The Morgan fingerprint density at radius 1 is 1.06 bits per heavy atom. The molecule has 2 atom stereocenters. The molecule has 3 amide bonds. The average molecular weight is 493 g/mol. The summed E-state index contributed by atoms with van der Waals surface area (Å²) >= 11 is 0. The van der Waals surface area contributed by atoms with Crippen molar-refractivity contribution in [3.8, 4) is 0 Å². The van der Waals surface area contributed by atoms with Crippen molar-refractivity contribution >= 4 is 33.6 Å². The number of sulfonamides is 1. The standard InChI is InChI=1S/C23H32N4O6S/c1-4-33-23(30)25-12-10-24(11-13-25)22(29)21-6-5-9-26(21)34(31,32)19-7-8-20-18(15-19)14-16(2)27(20)17(3)28/h7-8,15-16,21H,4-6,9-14H2,1-3H3/t16-,21+/m0/s1. The fourth-order valence-corrected chi connectivity index (χ4v) is 6.89. The molecule has 0 unspecified atom stereocenters. The van der Waals surface area contributed by atoms with Crippen molar-refractivity contribution in [2.24, 2.45) is 0 Å². The van der Waals surface area contributed by atoms with Crippen LogP contribution in [0.2, 0.25) is 0 Å². The van der Waals surface area contributed by atoms with Crippen molar-refractivity contribution in [3.63, 3.8) is 0 Å². The van der Waals surface area contributed by atoms with Gasteiger partial charge in [0.05, 0.1) is 11.5 Å². The van der Waals surface area contributed by atoms with E-state index in [0.717, 1.165) is 11.3 Å². The fourth-order valence-electron chi connectivity index (χ4n) is 5.19. The zero-order valence-electron chi connectivity index (χ0n) is 19.9. The number of nitrogens with zero attached hydrogens (tertiary/aromatic N) is 4. The van der Waals surface area contributed by atoms with Gasteiger partial charge < -0.3 is 19.4 Å². The van der Waals surface area contributed by atoms with Gasteiger partial charge in [-0.2, -0.15) is 4.31 Å². The maximum Gasteiger partial charge on any atom is 0.409 e. The lowest BCUT2D eigenvalue weighted by molar-refractivity contribution is -0.136. The molecule has 4 rings (SSSR count). The van der Waals surface area contributed by atoms with Gasteiger partial charge in [0.15, 0.2) is 0 Å². The third-order valence-electron chi connectivity index (χ3n) is 6.82. The van der Waals surface area contributed by atoms with Crippen LogP contribution in [0.1, 0.15) is 39.2 Å². The highest BCUT2D eigenvalue weighted by Crippen LogP contribution is 2.36. The molecular weight excluding hydrogens is 460 g/mol. The molecule has 34 heavy (non-hydrogen) atoms. The molecule has 186 valence electrons. The van der Waals surface area contributed by atoms with Gasteiger partial charge in [-0.1, -0.05) is 0 Å². The predicted octanol–water partition coefficient (Wildman–Crippen LogP) is 1.44. The first kappa shape index (κ1) is 24.5. The van der Waals surface area contributed by atoms with Crippen molar-refractivity contribution in [3.05, 3.63) is 23.8 Å². The highest BCUT2D eigenvalue weighted by Gasteiger charge is 2.42. The zero-order valence-corrected chi connectivity index (χ0v) is 20.7. The van der Waals surface area contributed by atoms with Crippen LogP contribution in [0.25, 0.3) is 0 Å². The van der Waals surface area contributed by atoms with Crippen molar-refractivity contribution < 1.29 is 27.5 Å². The summed E-state index contributed by atoms with van der Waals surface area (Å²) in [6, 6.07) is 4.08. The number of hydrogen-bond acceptors (Lipinski definition) is 6. The first-order valence-electron chi connectivity index (χ1n) is 11.8. The predicted molar refractivity (Wildman–Crippen MR) is 125 cm³/mol. The molecule has 3 aliphatic rings. The summed E-state index contributed by atoms with van der Waals surface area (Å²) in [4.78, 5) is 42.2. The first-order chi connectivity index (χ1) is 16.1. The van der Waals surface area contributed by atoms with E-state index in [0.29, 0.717) is 52.0 Å². The zero-order chi connectivity index (χ0) is 24.6. The van der Waals surface area contributed by atoms with Crippen LogP contribution < -0.4 is 4.90 Å². The van der Waals surface area contributed by atoms with E-state index in [1.807, 2.05) is 6.92 Å². The largest absolute Gasteiger partial charge is 0.450 e. The highest BCUT2D eigenvalue weighted by molar-refractivity contribution is 7.89. The highest BCUT2D eigenvalue weighted by atomic mass is 32.2. The minimum atomic E-state index is -3.88. The molecule has 3 aliphatic heterocycles. The Labute approximate surface area is 200 Å². The van der Waals surface area contributed by atoms with Crippen molar-refractivity contribution in [2.45, 2.75) is 57.0 Å². The Morgan fingerprint density at radius 2 is 1.74 bits per heavy atom. The number of piperazine rings is 1. The molecule has 2 fully saturated rings. The number of benzene rings is 1. The Hall–Kier alpha value is -2.66. The molecule has 0 aromatic heterocycles. The molecule has 3 heterocycles. The van der Waals surface area contributed by atoms with Crippen LogP contribution in [-0.2, 0) is 30.8 Å². The Morgan fingerprint density at radius 3 is 2.38 bits per heavy atom. The van der Waals surface area contributed by atoms with E-state index in [1.54, 1.807) is 33.8 Å². The van der Waals surface area contributed by atoms with Crippen molar-refractivity contribution in [2.75, 3.05) is 44.2 Å². The number of fused-ring (bicyclic) bond motifs is 1. The van der Waals surface area contributed by atoms with Crippen molar-refractivity contribution in [1.82, 2.24) is 14.1 Å². The second-order valence-corrected chi connectivity index (χ2v) is 10.9. The Balaban J connectivity index is 1.49. The molecule has 2 saturated heterocycles. The molecule has 0 radical (unpaired) electrons. The Kier molecular flexibility index (Phi) is 6.86. The minimum absolute atomic E-state index is 0.0279. The molecule has 10 nitrogen and oxygen atoms in total. The van der Waals surface area contributed by atoms with Crippen LogP contribution >= 0.6 is 0 Å². The monoisotopic (exact) mass is 492 g/mol. The quantitative estimate of drug-likeness (QED) is 0.630. The van der Waals surface area contributed by atoms with E-state index in [-0.39, 0.29) is 29.3 Å². The second-order valence-electron chi connectivity index (χ2n) is 9.02. The van der Waals surface area contributed by atoms with Gasteiger partial charge in [-0.15, -0.1) is 0 Å². The maximum atomic E-state index is 13.5. The van der Waals surface area contributed by atoms with E-state index in [4.69, 9.17) is 4.74 Å². The lowest BCUT2D eigenvalue weighted by Crippen LogP contribution is -2.55. The lowest BCUT2D eigenvalue weighted by Gasteiger charge is -2.36. The van der Waals surface area contributed by atoms with Crippen LogP contribution in [-0.4, -0.2) is 91.8 Å². The molecule has 0 saturated carbocycles. The summed E-state index contributed by atoms with van der Waals surface area (Å²) in [6.45, 7) is 7.18. The van der Waals surface area contributed by atoms with Gasteiger partial charge >= 0.3 is 6.09 Å². The van der Waals surface area contributed by atoms with Gasteiger partial charge in [0.25, 0.3) is 0 Å². The number of carbonyl (C=O) groups is 3. The van der Waals surface area contributed by atoms with Crippen LogP contribution in [0.3, 0.4) is 0 Å². The van der Waals surface area contributed by atoms with Gasteiger partial charge in [0.2, 0.25) is 21.8 Å². The molecule has 11 heteroatoms. The Bertz CT molecular complexity index is 1080. The van der Waals surface area contributed by atoms with Crippen LogP contribution in [0.5, 0.6) is 0 Å². The normalized spacial score (nSPS) is 23.2. The molecule has 1 aromatic carbocycles. The number of amides is 3. The third-order valence-corrected chi connectivity index (χ3v) is 8.72. The molecule has 0 bridgehead atoms. The third kappa shape index (κ3) is 4.38. The molecule has 0 aliphatic carbocycles. The number of ether oxygens (including phenoxy) is 1. The molecular formula is C23H32N4O6S. The fraction of sp³-hybridized carbons (Fsp3) is 0.609. The summed E-state index contributed by atoms with van der Waals surface area (Å²) < 4.78 is 33.4. The van der Waals surface area contributed by atoms with Crippen LogP contribution in [0.4, 0.5) is 10.5 Å². The van der Waals surface area contributed by atoms with E-state index < -0.39 is 22.2 Å². The SMILES string of the molecule is CCOC(=O)N1CCN(C(=O)[C@H]2CCCN2S(=O)(=O)c2ccc3c(c2)C[C@H](C)N3C(C)=O)CC1. The number of rotatable bonds is 4. The van der Waals surface area contributed by atoms with Gasteiger partial charge in [-0.25, -0.2) is 13.2 Å². The summed E-state index contributed by atoms with van der Waals surface area (Å²) in [6.07, 6.45) is 1.27. The molecule has 1 aromatic rings. The van der Waals surface area contributed by atoms with Crippen molar-refractivity contribution in [1.29, 1.82) is 0 Å². The van der Waals surface area contributed by atoms with Gasteiger partial charge in [0, 0.05) is 51.4 Å². The number of carbonyl (C=O) groups excluding carboxylic acids is 3. The summed E-state index contributed by atoms with van der Waals surface area (Å²) in [7, 11) is -3.88.